The van der Waals surface area contributed by atoms with Crippen molar-refractivity contribution in [2.24, 2.45) is 0 Å². The van der Waals surface area contributed by atoms with Gasteiger partial charge in [-0.2, -0.15) is 8.78 Å². The van der Waals surface area contributed by atoms with Gasteiger partial charge < -0.3 is 4.74 Å². The van der Waals surface area contributed by atoms with Gasteiger partial charge in [-0.3, -0.25) is 0 Å². The zero-order chi connectivity index (χ0) is 15.0. The van der Waals surface area contributed by atoms with E-state index in [1.165, 1.54) is 18.2 Å². The summed E-state index contributed by atoms with van der Waals surface area (Å²) in [4.78, 5) is 0. The van der Waals surface area contributed by atoms with Crippen LogP contribution in [0.25, 0.3) is 0 Å². The van der Waals surface area contributed by atoms with E-state index >= 15 is 0 Å². The molecule has 20 heavy (non-hydrogen) atoms. The molecule has 1 nitrogen and oxygen atoms in total. The van der Waals surface area contributed by atoms with Crippen LogP contribution < -0.4 is 4.74 Å². The number of para-hydroxylation sites is 1. The summed E-state index contributed by atoms with van der Waals surface area (Å²) >= 11 is 11.4. The molecule has 0 bridgehead atoms. The van der Waals surface area contributed by atoms with Gasteiger partial charge in [0, 0.05) is 0 Å². The second-order valence-corrected chi connectivity index (χ2v) is 4.37. The lowest BCUT2D eigenvalue weighted by Crippen LogP contribution is -2.04. The number of hydrogen-bond acceptors (Lipinski definition) is 1. The van der Waals surface area contributed by atoms with Gasteiger partial charge in [0.25, 0.3) is 0 Å². The Kier molecular flexibility index (Phi) is 4.06. The summed E-state index contributed by atoms with van der Waals surface area (Å²) in [6.45, 7) is 0. The maximum absolute atomic E-state index is 13.4. The number of ether oxygens (including phenoxy) is 1. The van der Waals surface area contributed by atoms with Crippen LogP contribution in [0.2, 0.25) is 10.0 Å². The minimum Gasteiger partial charge on any atom is -0.448 e. The van der Waals surface area contributed by atoms with Gasteiger partial charge in [0.15, 0.2) is 5.75 Å². The smallest absolute Gasteiger partial charge is 0.207 e. The minimum atomic E-state index is -2.28. The van der Waals surface area contributed by atoms with Crippen LogP contribution in [-0.4, -0.2) is 0 Å². The first kappa shape index (κ1) is 14.9. The first-order valence-electron chi connectivity index (χ1n) is 4.98. The van der Waals surface area contributed by atoms with Gasteiger partial charge in [-0.25, -0.2) is 13.2 Å². The Morgan fingerprint density at radius 3 is 1.50 bits per heavy atom. The van der Waals surface area contributed by atoms with Crippen molar-refractivity contribution in [2.45, 2.75) is 0 Å². The third-order valence-electron chi connectivity index (χ3n) is 2.29. The van der Waals surface area contributed by atoms with Crippen molar-refractivity contribution in [3.63, 3.8) is 0 Å². The van der Waals surface area contributed by atoms with Crippen LogP contribution in [0.4, 0.5) is 22.0 Å². The van der Waals surface area contributed by atoms with Gasteiger partial charge in [0.1, 0.15) is 0 Å². The maximum Gasteiger partial charge on any atom is 0.207 e. The lowest BCUT2D eigenvalue weighted by molar-refractivity contribution is 0.332. The fraction of sp³-hybridized carbons (Fsp3) is 0. The average molecular weight is 329 g/mol. The van der Waals surface area contributed by atoms with Crippen molar-refractivity contribution in [3.05, 3.63) is 57.3 Å². The second-order valence-electron chi connectivity index (χ2n) is 3.55. The molecule has 0 spiro atoms. The van der Waals surface area contributed by atoms with E-state index in [0.717, 1.165) is 0 Å². The van der Waals surface area contributed by atoms with Crippen molar-refractivity contribution < 1.29 is 26.7 Å². The highest BCUT2D eigenvalue weighted by atomic mass is 35.5. The van der Waals surface area contributed by atoms with Crippen molar-refractivity contribution in [1.29, 1.82) is 0 Å². The highest BCUT2D eigenvalue weighted by molar-refractivity contribution is 6.37. The predicted octanol–water partition coefficient (Wildman–Crippen LogP) is 5.48. The summed E-state index contributed by atoms with van der Waals surface area (Å²) < 4.78 is 70.4. The van der Waals surface area contributed by atoms with Crippen LogP contribution in [0.3, 0.4) is 0 Å². The summed E-state index contributed by atoms with van der Waals surface area (Å²) in [6, 6.07) is 3.96. The molecule has 2 aromatic carbocycles. The number of halogens is 7. The van der Waals surface area contributed by atoms with E-state index in [9.17, 15) is 22.0 Å². The Hall–Kier alpha value is -1.53. The van der Waals surface area contributed by atoms with Crippen LogP contribution in [0.5, 0.6) is 11.5 Å². The average Bonchev–Trinajstić information content (AvgIpc) is 2.42. The Morgan fingerprint density at radius 1 is 0.650 bits per heavy atom. The fourth-order valence-electron chi connectivity index (χ4n) is 1.36. The molecule has 0 aliphatic carbocycles. The van der Waals surface area contributed by atoms with Crippen LogP contribution in [0.15, 0.2) is 18.2 Å². The summed E-state index contributed by atoms with van der Waals surface area (Å²) in [5, 5.41) is -0.303. The SMILES string of the molecule is Fc1c(F)c(F)c(Oc2c(Cl)cccc2Cl)c(F)c1F. The Labute approximate surface area is 119 Å². The van der Waals surface area contributed by atoms with Crippen molar-refractivity contribution in [1.82, 2.24) is 0 Å². The largest absolute Gasteiger partial charge is 0.448 e. The van der Waals surface area contributed by atoms with Gasteiger partial charge in [-0.15, -0.1) is 0 Å². The van der Waals surface area contributed by atoms with E-state index in [0.29, 0.717) is 0 Å². The topological polar surface area (TPSA) is 9.23 Å². The van der Waals surface area contributed by atoms with E-state index in [2.05, 4.69) is 4.74 Å². The van der Waals surface area contributed by atoms with Gasteiger partial charge in [-0.1, -0.05) is 29.3 Å². The van der Waals surface area contributed by atoms with E-state index in [-0.39, 0.29) is 10.0 Å². The minimum absolute atomic E-state index is 0.151. The first-order chi connectivity index (χ1) is 9.34. The molecule has 0 aliphatic rings. The summed E-state index contributed by atoms with van der Waals surface area (Å²) in [6.07, 6.45) is 0. The molecule has 0 fully saturated rings. The lowest BCUT2D eigenvalue weighted by Gasteiger charge is -2.12. The molecular formula is C12H3Cl2F5O. The highest BCUT2D eigenvalue weighted by Gasteiger charge is 2.28. The zero-order valence-corrected chi connectivity index (χ0v) is 10.8. The molecule has 0 radical (unpaired) electrons. The van der Waals surface area contributed by atoms with Crippen molar-refractivity contribution in [3.8, 4) is 11.5 Å². The van der Waals surface area contributed by atoms with Gasteiger partial charge in [-0.05, 0) is 12.1 Å². The highest BCUT2D eigenvalue weighted by Crippen LogP contribution is 2.39. The molecule has 8 heteroatoms. The fourth-order valence-corrected chi connectivity index (χ4v) is 1.83. The Morgan fingerprint density at radius 2 is 1.05 bits per heavy atom. The van der Waals surface area contributed by atoms with Crippen LogP contribution in [0.1, 0.15) is 0 Å². The van der Waals surface area contributed by atoms with Crippen LogP contribution in [-0.2, 0) is 0 Å². The van der Waals surface area contributed by atoms with Gasteiger partial charge in [0.2, 0.25) is 34.8 Å². The monoisotopic (exact) mass is 328 g/mol. The van der Waals surface area contributed by atoms with Crippen LogP contribution >= 0.6 is 23.2 Å². The van der Waals surface area contributed by atoms with E-state index in [4.69, 9.17) is 23.2 Å². The Balaban J connectivity index is 2.61. The molecule has 0 N–H and O–H groups in total. The van der Waals surface area contributed by atoms with Gasteiger partial charge >= 0.3 is 0 Å². The Bertz CT molecular complexity index is 641. The second kappa shape index (κ2) is 5.46. The molecule has 0 amide bonds. The number of rotatable bonds is 2. The van der Waals surface area contributed by atoms with Crippen molar-refractivity contribution >= 4 is 23.2 Å². The maximum atomic E-state index is 13.4. The van der Waals surface area contributed by atoms with E-state index < -0.39 is 40.6 Å². The van der Waals surface area contributed by atoms with E-state index in [1.54, 1.807) is 0 Å². The summed E-state index contributed by atoms with van der Waals surface area (Å²) in [7, 11) is 0. The molecular weight excluding hydrogens is 326 g/mol. The van der Waals surface area contributed by atoms with Crippen LogP contribution in [0, 0.1) is 29.1 Å². The molecule has 0 unspecified atom stereocenters. The third-order valence-corrected chi connectivity index (χ3v) is 2.89. The molecule has 0 aromatic heterocycles. The molecule has 0 aliphatic heterocycles. The molecule has 2 aromatic rings. The van der Waals surface area contributed by atoms with Crippen molar-refractivity contribution in [2.75, 3.05) is 0 Å². The quantitative estimate of drug-likeness (QED) is 0.403. The molecule has 106 valence electrons. The normalized spacial score (nSPS) is 10.8. The summed E-state index contributed by atoms with van der Waals surface area (Å²) in [5.74, 6) is -12.6. The standard InChI is InChI=1S/C12H3Cl2F5O/c13-4-2-1-3-5(14)11(4)20-12-9(18)7(16)6(15)8(17)10(12)19/h1-3H. The molecule has 0 saturated carbocycles. The van der Waals surface area contributed by atoms with E-state index in [1.807, 2.05) is 0 Å². The molecule has 0 saturated heterocycles. The molecule has 2 rings (SSSR count). The first-order valence-corrected chi connectivity index (χ1v) is 5.73. The predicted molar refractivity (Wildman–Crippen MR) is 62.8 cm³/mol. The zero-order valence-electron chi connectivity index (χ0n) is 9.29. The van der Waals surface area contributed by atoms with Gasteiger partial charge in [0.05, 0.1) is 10.0 Å². The summed E-state index contributed by atoms with van der Waals surface area (Å²) in [5.41, 5.74) is 0. The number of benzene rings is 2. The lowest BCUT2D eigenvalue weighted by atomic mass is 10.2. The molecule has 0 heterocycles. The molecule has 0 atom stereocenters. The number of hydrogen-bond donors (Lipinski definition) is 0. The third kappa shape index (κ3) is 2.41.